The molecule has 3 heteroatoms. The summed E-state index contributed by atoms with van der Waals surface area (Å²) in [6, 6.07) is 19.9. The van der Waals surface area contributed by atoms with Crippen LogP contribution in [-0.4, -0.2) is 16.1 Å². The topological polar surface area (TPSA) is 17.1 Å². The second-order valence-electron chi connectivity index (χ2n) is 5.32. The van der Waals surface area contributed by atoms with Gasteiger partial charge in [0.15, 0.2) is 5.78 Å². The van der Waals surface area contributed by atoms with Crippen molar-refractivity contribution in [3.63, 3.8) is 0 Å². The molecule has 1 nitrogen and oxygen atoms in total. The Morgan fingerprint density at radius 1 is 1.00 bits per heavy atom. The summed E-state index contributed by atoms with van der Waals surface area (Å²) in [4.78, 5) is 13.8. The summed E-state index contributed by atoms with van der Waals surface area (Å²) in [6.45, 7) is 0. The maximum atomic E-state index is 12.5. The zero-order valence-electron chi connectivity index (χ0n) is 12.9. The van der Waals surface area contributed by atoms with E-state index < -0.39 is 0 Å². The number of hydrogen-bond acceptors (Lipinski definition) is 3. The molecule has 1 aliphatic carbocycles. The molecular formula is C20H18OS2. The minimum atomic E-state index is -0.0399. The third-order valence-electron chi connectivity index (χ3n) is 3.80. The molecule has 2 aromatic carbocycles. The fraction of sp³-hybridized carbons (Fsp3) is 0.150. The lowest BCUT2D eigenvalue weighted by Crippen LogP contribution is -2.19. The first-order valence-electron chi connectivity index (χ1n) is 7.51. The molecular weight excluding hydrogens is 320 g/mol. The molecule has 1 aliphatic rings. The molecule has 1 unspecified atom stereocenters. The molecule has 0 saturated carbocycles. The summed E-state index contributed by atoms with van der Waals surface area (Å²) in [6.07, 6.45) is 9.19. The first kappa shape index (κ1) is 16.2. The van der Waals surface area contributed by atoms with Crippen molar-refractivity contribution >= 4 is 29.3 Å². The molecule has 0 aromatic heterocycles. The standard InChI is InChI=1S/C20H18OS2/c1-22-20(23-18-10-6-3-7-11-18)14-12-17(13-15-20)19(21)16-8-4-2-5-9-16/h2-14H,15H2,1H3. The number of Topliss-reactive ketones (excluding diaryl/α,β-unsaturated/α-hetero) is 1. The summed E-state index contributed by atoms with van der Waals surface area (Å²) in [5.74, 6) is 0.0984. The number of rotatable bonds is 5. The van der Waals surface area contributed by atoms with Crippen LogP contribution in [0.2, 0.25) is 0 Å². The maximum Gasteiger partial charge on any atom is 0.192 e. The number of thioether (sulfide) groups is 2. The number of carbonyl (C=O) groups excluding carboxylic acids is 1. The van der Waals surface area contributed by atoms with E-state index in [-0.39, 0.29) is 9.86 Å². The first-order chi connectivity index (χ1) is 11.2. The van der Waals surface area contributed by atoms with Gasteiger partial charge in [-0.1, -0.05) is 66.8 Å². The highest BCUT2D eigenvalue weighted by atomic mass is 32.2. The molecule has 3 rings (SSSR count). The predicted molar refractivity (Wildman–Crippen MR) is 101 cm³/mol. The third kappa shape index (κ3) is 3.80. The number of benzene rings is 2. The monoisotopic (exact) mass is 338 g/mol. The van der Waals surface area contributed by atoms with E-state index in [1.54, 1.807) is 0 Å². The van der Waals surface area contributed by atoms with Crippen molar-refractivity contribution in [2.24, 2.45) is 0 Å². The van der Waals surface area contributed by atoms with Gasteiger partial charge in [-0.15, -0.1) is 23.5 Å². The molecule has 2 aromatic rings. The molecule has 1 atom stereocenters. The molecule has 0 amide bonds. The van der Waals surface area contributed by atoms with E-state index in [0.29, 0.717) is 0 Å². The van der Waals surface area contributed by atoms with Gasteiger partial charge in [-0.25, -0.2) is 0 Å². The Labute approximate surface area is 145 Å². The summed E-state index contributed by atoms with van der Waals surface area (Å²) in [7, 11) is 0. The van der Waals surface area contributed by atoms with Gasteiger partial charge < -0.3 is 0 Å². The van der Waals surface area contributed by atoms with Crippen LogP contribution in [0.25, 0.3) is 0 Å². The van der Waals surface area contributed by atoms with Gasteiger partial charge in [0, 0.05) is 16.0 Å². The Morgan fingerprint density at radius 2 is 1.65 bits per heavy atom. The Bertz CT molecular complexity index is 735. The normalized spacial score (nSPS) is 20.1. The largest absolute Gasteiger partial charge is 0.289 e. The average Bonchev–Trinajstić information content (AvgIpc) is 2.63. The quantitative estimate of drug-likeness (QED) is 0.521. The van der Waals surface area contributed by atoms with E-state index >= 15 is 0 Å². The fourth-order valence-corrected chi connectivity index (χ4v) is 4.56. The van der Waals surface area contributed by atoms with E-state index in [1.807, 2.05) is 66.0 Å². The molecule has 0 radical (unpaired) electrons. The Balaban J connectivity index is 1.76. The van der Waals surface area contributed by atoms with Crippen molar-refractivity contribution in [1.82, 2.24) is 0 Å². The summed E-state index contributed by atoms with van der Waals surface area (Å²) < 4.78 is -0.0399. The molecule has 0 aliphatic heterocycles. The van der Waals surface area contributed by atoms with Gasteiger partial charge in [-0.3, -0.25) is 4.79 Å². The predicted octanol–water partition coefficient (Wildman–Crippen LogP) is 5.61. The second-order valence-corrected chi connectivity index (χ2v) is 8.12. The number of hydrogen-bond donors (Lipinski definition) is 0. The van der Waals surface area contributed by atoms with Crippen LogP contribution < -0.4 is 0 Å². The Morgan fingerprint density at radius 3 is 2.22 bits per heavy atom. The van der Waals surface area contributed by atoms with Crippen molar-refractivity contribution in [2.75, 3.05) is 6.26 Å². The SMILES string of the molecule is CSC1(Sc2ccccc2)C=CC(C(=O)c2ccccc2)=CC1. The van der Waals surface area contributed by atoms with Gasteiger partial charge in [0.05, 0.1) is 4.08 Å². The molecule has 23 heavy (non-hydrogen) atoms. The van der Waals surface area contributed by atoms with E-state index in [0.717, 1.165) is 17.6 Å². The zero-order chi connectivity index (χ0) is 16.1. The van der Waals surface area contributed by atoms with E-state index in [1.165, 1.54) is 4.90 Å². The van der Waals surface area contributed by atoms with Gasteiger partial charge >= 0.3 is 0 Å². The van der Waals surface area contributed by atoms with Gasteiger partial charge in [0.25, 0.3) is 0 Å². The van der Waals surface area contributed by atoms with Gasteiger partial charge in [-0.05, 0) is 24.8 Å². The lowest BCUT2D eigenvalue weighted by molar-refractivity contribution is 0.103. The second kappa shape index (κ2) is 7.24. The summed E-state index contributed by atoms with van der Waals surface area (Å²) >= 11 is 3.66. The number of ketones is 1. The Kier molecular flexibility index (Phi) is 5.09. The lowest BCUT2D eigenvalue weighted by atomic mass is 9.98. The van der Waals surface area contributed by atoms with Crippen molar-refractivity contribution in [3.8, 4) is 0 Å². The van der Waals surface area contributed by atoms with E-state index in [9.17, 15) is 4.79 Å². The summed E-state index contributed by atoms with van der Waals surface area (Å²) in [5, 5.41) is 0. The smallest absolute Gasteiger partial charge is 0.192 e. The van der Waals surface area contributed by atoms with Crippen LogP contribution in [0.15, 0.2) is 89.4 Å². The van der Waals surface area contributed by atoms with Crippen LogP contribution in [0.3, 0.4) is 0 Å². The minimum absolute atomic E-state index is 0.0399. The molecule has 0 heterocycles. The van der Waals surface area contributed by atoms with Gasteiger partial charge in [0.1, 0.15) is 0 Å². The van der Waals surface area contributed by atoms with Crippen molar-refractivity contribution in [1.29, 1.82) is 0 Å². The number of allylic oxidation sites excluding steroid dienone is 3. The Hall–Kier alpha value is -1.71. The van der Waals surface area contributed by atoms with Crippen LogP contribution in [0.1, 0.15) is 16.8 Å². The maximum absolute atomic E-state index is 12.5. The fourth-order valence-electron chi connectivity index (χ4n) is 2.49. The highest BCUT2D eigenvalue weighted by molar-refractivity contribution is 8.18. The van der Waals surface area contributed by atoms with Crippen molar-refractivity contribution in [2.45, 2.75) is 15.4 Å². The van der Waals surface area contributed by atoms with Crippen molar-refractivity contribution in [3.05, 3.63) is 90.0 Å². The highest BCUT2D eigenvalue weighted by Crippen LogP contribution is 2.46. The minimum Gasteiger partial charge on any atom is -0.289 e. The van der Waals surface area contributed by atoms with Crippen LogP contribution in [-0.2, 0) is 0 Å². The van der Waals surface area contributed by atoms with Crippen LogP contribution in [0, 0.1) is 0 Å². The molecule has 116 valence electrons. The van der Waals surface area contributed by atoms with E-state index in [4.69, 9.17) is 0 Å². The molecule has 0 N–H and O–H groups in total. The molecule has 0 spiro atoms. The average molecular weight is 338 g/mol. The van der Waals surface area contributed by atoms with Gasteiger partial charge in [-0.2, -0.15) is 0 Å². The van der Waals surface area contributed by atoms with Crippen LogP contribution >= 0.6 is 23.5 Å². The third-order valence-corrected chi connectivity index (χ3v) is 6.70. The number of carbonyl (C=O) groups is 1. The molecule has 0 fully saturated rings. The van der Waals surface area contributed by atoms with Crippen molar-refractivity contribution < 1.29 is 4.79 Å². The van der Waals surface area contributed by atoms with Crippen LogP contribution in [0.4, 0.5) is 0 Å². The lowest BCUT2D eigenvalue weighted by Gasteiger charge is -2.29. The molecule has 0 saturated heterocycles. The highest BCUT2D eigenvalue weighted by Gasteiger charge is 2.29. The first-order valence-corrected chi connectivity index (χ1v) is 9.55. The van der Waals surface area contributed by atoms with E-state index in [2.05, 4.69) is 42.7 Å². The van der Waals surface area contributed by atoms with Crippen LogP contribution in [0.5, 0.6) is 0 Å². The summed E-state index contributed by atoms with van der Waals surface area (Å²) in [5.41, 5.74) is 1.53. The van der Waals surface area contributed by atoms with Gasteiger partial charge in [0.2, 0.25) is 0 Å². The molecule has 0 bridgehead atoms. The zero-order valence-corrected chi connectivity index (χ0v) is 14.6.